The van der Waals surface area contributed by atoms with Crippen LogP contribution in [0.3, 0.4) is 0 Å². The SMILES string of the molecule is CCCCCCCCCCCCCCC(O)C[N+](C)(C)CCOP(=O)([O-])O. The first-order valence-electron chi connectivity index (χ1n) is 10.8. The molecule has 27 heavy (non-hydrogen) atoms. The number of aliphatic hydroxyl groups is 1. The molecule has 0 spiro atoms. The Balaban J connectivity index is 3.52. The van der Waals surface area contributed by atoms with E-state index in [1.54, 1.807) is 0 Å². The van der Waals surface area contributed by atoms with Gasteiger partial charge in [0.05, 0.1) is 14.1 Å². The van der Waals surface area contributed by atoms with Gasteiger partial charge in [0.2, 0.25) is 0 Å². The number of nitrogens with zero attached hydrogens (tertiary/aromatic N) is 1. The van der Waals surface area contributed by atoms with Gasteiger partial charge in [0.15, 0.2) is 0 Å². The summed E-state index contributed by atoms with van der Waals surface area (Å²) in [7, 11) is -0.814. The summed E-state index contributed by atoms with van der Waals surface area (Å²) in [5, 5.41) is 10.2. The first-order valence-corrected chi connectivity index (χ1v) is 12.3. The van der Waals surface area contributed by atoms with Crippen LogP contribution >= 0.6 is 7.82 Å². The summed E-state index contributed by atoms with van der Waals surface area (Å²) in [4.78, 5) is 19.2. The van der Waals surface area contributed by atoms with Crippen LogP contribution in [0.1, 0.15) is 90.4 Å². The van der Waals surface area contributed by atoms with E-state index in [0.29, 0.717) is 17.6 Å². The Kier molecular flexibility index (Phi) is 15.9. The van der Waals surface area contributed by atoms with Gasteiger partial charge in [-0.2, -0.15) is 0 Å². The number of unbranched alkanes of at least 4 members (excludes halogenated alkanes) is 11. The van der Waals surface area contributed by atoms with Gasteiger partial charge in [0.25, 0.3) is 7.82 Å². The first kappa shape index (κ1) is 27.0. The molecule has 0 aromatic rings. The molecule has 164 valence electrons. The molecule has 0 aliphatic carbocycles. The summed E-state index contributed by atoms with van der Waals surface area (Å²) in [6, 6.07) is 0. The number of quaternary nitrogens is 1. The largest absolute Gasteiger partial charge is 0.756 e. The molecule has 0 fully saturated rings. The van der Waals surface area contributed by atoms with Crippen molar-refractivity contribution in [3.8, 4) is 0 Å². The molecule has 2 atom stereocenters. The molecule has 2 unspecified atom stereocenters. The maximum atomic E-state index is 10.6. The quantitative estimate of drug-likeness (QED) is 0.191. The van der Waals surface area contributed by atoms with Crippen LogP contribution in [0, 0.1) is 0 Å². The molecule has 0 saturated heterocycles. The molecule has 0 aromatic heterocycles. The van der Waals surface area contributed by atoms with Crippen molar-refractivity contribution >= 4 is 7.82 Å². The molecule has 2 N–H and O–H groups in total. The Morgan fingerprint density at radius 1 is 0.926 bits per heavy atom. The predicted molar refractivity (Wildman–Crippen MR) is 109 cm³/mol. The molecule has 0 heterocycles. The summed E-state index contributed by atoms with van der Waals surface area (Å²) >= 11 is 0. The second kappa shape index (κ2) is 15.9. The molecule has 0 rings (SSSR count). The molecular formula is C20H44NO5P. The lowest BCUT2D eigenvalue weighted by Gasteiger charge is -2.32. The van der Waals surface area contributed by atoms with Gasteiger partial charge >= 0.3 is 0 Å². The Bertz CT molecular complexity index is 387. The van der Waals surface area contributed by atoms with Crippen molar-refractivity contribution in [2.75, 3.05) is 33.8 Å². The van der Waals surface area contributed by atoms with Crippen LogP contribution in [0.25, 0.3) is 0 Å². The summed E-state index contributed by atoms with van der Waals surface area (Å²) < 4.78 is 15.4. The maximum Gasteiger partial charge on any atom is 0.265 e. The van der Waals surface area contributed by atoms with Crippen LogP contribution in [0.5, 0.6) is 0 Å². The molecule has 0 saturated carbocycles. The van der Waals surface area contributed by atoms with Gasteiger partial charge in [-0.25, -0.2) is 0 Å². The second-order valence-electron chi connectivity index (χ2n) is 8.48. The Morgan fingerprint density at radius 3 is 1.81 bits per heavy atom. The van der Waals surface area contributed by atoms with E-state index in [-0.39, 0.29) is 6.61 Å². The fraction of sp³-hybridized carbons (Fsp3) is 1.00. The number of phosphoric ester groups is 1. The smallest absolute Gasteiger partial charge is 0.265 e. The Labute approximate surface area is 167 Å². The van der Waals surface area contributed by atoms with Crippen molar-refractivity contribution < 1.29 is 28.5 Å². The van der Waals surface area contributed by atoms with Crippen molar-refractivity contribution in [2.24, 2.45) is 0 Å². The molecule has 0 radical (unpaired) electrons. The standard InChI is InChI=1S/C20H44NO5P/c1-4-5-6-7-8-9-10-11-12-13-14-15-16-20(22)19-21(2,3)17-18-26-27(23,24)25/h20,22H,4-19H2,1-3H3,(H-,23,24,25). The molecule has 0 aliphatic heterocycles. The van der Waals surface area contributed by atoms with Gasteiger partial charge in [-0.15, -0.1) is 0 Å². The maximum absolute atomic E-state index is 10.6. The van der Waals surface area contributed by atoms with Crippen LogP contribution in [-0.2, 0) is 9.09 Å². The molecule has 0 bridgehead atoms. The van der Waals surface area contributed by atoms with E-state index in [1.165, 1.54) is 64.2 Å². The summed E-state index contributed by atoms with van der Waals surface area (Å²) in [6.45, 7) is 3.15. The van der Waals surface area contributed by atoms with Crippen molar-refractivity contribution in [1.82, 2.24) is 0 Å². The fourth-order valence-corrected chi connectivity index (χ4v) is 3.69. The van der Waals surface area contributed by atoms with Crippen LogP contribution in [0.2, 0.25) is 0 Å². The second-order valence-corrected chi connectivity index (χ2v) is 9.67. The van der Waals surface area contributed by atoms with E-state index in [9.17, 15) is 14.6 Å². The molecule has 0 amide bonds. The van der Waals surface area contributed by atoms with Gasteiger partial charge in [-0.3, -0.25) is 4.57 Å². The highest BCUT2D eigenvalue weighted by molar-refractivity contribution is 7.44. The fourth-order valence-electron chi connectivity index (χ4n) is 3.38. The van der Waals surface area contributed by atoms with E-state index in [4.69, 9.17) is 4.89 Å². The minimum Gasteiger partial charge on any atom is -0.756 e. The monoisotopic (exact) mass is 409 g/mol. The molecular weight excluding hydrogens is 365 g/mol. The summed E-state index contributed by atoms with van der Waals surface area (Å²) in [5.74, 6) is 0. The number of rotatable bonds is 19. The van der Waals surface area contributed by atoms with Gasteiger partial charge in [-0.1, -0.05) is 84.0 Å². The van der Waals surface area contributed by atoms with E-state index in [1.807, 2.05) is 14.1 Å². The number of aliphatic hydroxyl groups excluding tert-OH is 1. The van der Waals surface area contributed by atoms with Gasteiger partial charge in [0, 0.05) is 0 Å². The highest BCUT2D eigenvalue weighted by Gasteiger charge is 2.20. The lowest BCUT2D eigenvalue weighted by atomic mass is 10.0. The third-order valence-corrected chi connectivity index (χ3v) is 5.56. The number of hydrogen-bond donors (Lipinski definition) is 2. The van der Waals surface area contributed by atoms with E-state index < -0.39 is 13.9 Å². The molecule has 6 nitrogen and oxygen atoms in total. The third-order valence-electron chi connectivity index (χ3n) is 5.05. The van der Waals surface area contributed by atoms with Crippen LogP contribution in [0.15, 0.2) is 0 Å². The first-order chi connectivity index (χ1) is 12.7. The average molecular weight is 410 g/mol. The van der Waals surface area contributed by atoms with E-state index in [2.05, 4.69) is 11.4 Å². The summed E-state index contributed by atoms with van der Waals surface area (Å²) in [6.07, 6.45) is 16.0. The highest BCUT2D eigenvalue weighted by Crippen LogP contribution is 2.29. The molecule has 0 aliphatic rings. The van der Waals surface area contributed by atoms with Crippen LogP contribution in [-0.4, -0.2) is 54.4 Å². The topological polar surface area (TPSA) is 89.8 Å². The number of phosphoric acid groups is 1. The van der Waals surface area contributed by atoms with Gasteiger partial charge < -0.3 is 23.9 Å². The third kappa shape index (κ3) is 20.6. The zero-order chi connectivity index (χ0) is 20.6. The van der Waals surface area contributed by atoms with Gasteiger partial charge in [-0.05, 0) is 6.42 Å². The van der Waals surface area contributed by atoms with Crippen molar-refractivity contribution in [3.63, 3.8) is 0 Å². The highest BCUT2D eigenvalue weighted by atomic mass is 31.2. The van der Waals surface area contributed by atoms with Crippen molar-refractivity contribution in [3.05, 3.63) is 0 Å². The molecule has 0 aromatic carbocycles. The normalized spacial score (nSPS) is 15.6. The van der Waals surface area contributed by atoms with Crippen LogP contribution < -0.4 is 4.89 Å². The lowest BCUT2D eigenvalue weighted by molar-refractivity contribution is -0.893. The lowest BCUT2D eigenvalue weighted by Crippen LogP contribution is -2.47. The predicted octanol–water partition coefficient (Wildman–Crippen LogP) is 3.99. The van der Waals surface area contributed by atoms with Crippen molar-refractivity contribution in [2.45, 2.75) is 96.5 Å². The molecule has 7 heteroatoms. The zero-order valence-corrected chi connectivity index (χ0v) is 18.8. The zero-order valence-electron chi connectivity index (χ0n) is 17.9. The van der Waals surface area contributed by atoms with E-state index >= 15 is 0 Å². The van der Waals surface area contributed by atoms with Crippen molar-refractivity contribution in [1.29, 1.82) is 0 Å². The average Bonchev–Trinajstić information content (AvgIpc) is 2.54. The number of likely N-dealkylation sites (N-methyl/N-ethyl adjacent to an activating group) is 1. The minimum absolute atomic E-state index is 0.0738. The van der Waals surface area contributed by atoms with E-state index in [0.717, 1.165) is 19.3 Å². The Morgan fingerprint density at radius 2 is 1.37 bits per heavy atom. The Hall–Kier alpha value is 0.0300. The minimum atomic E-state index is -4.65. The summed E-state index contributed by atoms with van der Waals surface area (Å²) in [5.41, 5.74) is 0. The van der Waals surface area contributed by atoms with Crippen LogP contribution in [0.4, 0.5) is 0 Å². The number of hydrogen-bond acceptors (Lipinski definition) is 4. The van der Waals surface area contributed by atoms with Gasteiger partial charge in [0.1, 0.15) is 25.8 Å².